The second kappa shape index (κ2) is 4.73. The van der Waals surface area contributed by atoms with E-state index in [0.29, 0.717) is 0 Å². The molecule has 3 aromatic carbocycles. The van der Waals surface area contributed by atoms with Crippen LogP contribution in [0.4, 0.5) is 11.4 Å². The first kappa shape index (κ1) is 11.6. The molecule has 0 spiro atoms. The van der Waals surface area contributed by atoms with Crippen LogP contribution in [-0.2, 0) is 0 Å². The van der Waals surface area contributed by atoms with E-state index >= 15 is 0 Å². The minimum absolute atomic E-state index is 1.06. The van der Waals surface area contributed by atoms with E-state index in [9.17, 15) is 0 Å². The van der Waals surface area contributed by atoms with Crippen molar-refractivity contribution in [1.82, 2.24) is 0 Å². The molecule has 1 nitrogen and oxygen atoms in total. The normalized spacial score (nSPS) is 12.2. The van der Waals surface area contributed by atoms with Crippen LogP contribution in [0.5, 0.6) is 0 Å². The second-order valence-electron chi connectivity index (χ2n) is 4.70. The highest BCUT2D eigenvalue weighted by Crippen LogP contribution is 2.44. The molecule has 0 fully saturated rings. The van der Waals surface area contributed by atoms with Crippen LogP contribution in [0.1, 0.15) is 0 Å². The van der Waals surface area contributed by atoms with E-state index in [1.165, 1.54) is 15.4 Å². The van der Waals surface area contributed by atoms with Crippen molar-refractivity contribution in [2.45, 2.75) is 9.79 Å². The number of nitrogens with one attached hydrogen (secondary N) is 1. The van der Waals surface area contributed by atoms with Gasteiger partial charge < -0.3 is 5.32 Å². The minimum atomic E-state index is 1.06. The fourth-order valence-electron chi connectivity index (χ4n) is 2.36. The zero-order valence-electron chi connectivity index (χ0n) is 10.8. The molecule has 1 heterocycles. The van der Waals surface area contributed by atoms with Crippen molar-refractivity contribution in [3.63, 3.8) is 0 Å². The Hall–Kier alpha value is -2.19. The first-order valence-electron chi connectivity index (χ1n) is 6.56. The van der Waals surface area contributed by atoms with E-state index in [1.54, 1.807) is 11.8 Å². The maximum Gasteiger partial charge on any atom is 0.0613 e. The molecule has 0 atom stereocenters. The van der Waals surface area contributed by atoms with Crippen LogP contribution in [0.3, 0.4) is 0 Å². The molecule has 0 saturated heterocycles. The predicted octanol–water partition coefficient (Wildman–Crippen LogP) is 5.36. The molecule has 0 saturated carbocycles. The molecular weight excluding hydrogens is 262 g/mol. The van der Waals surface area contributed by atoms with Crippen LogP contribution in [0, 0.1) is 6.07 Å². The zero-order chi connectivity index (χ0) is 13.4. The van der Waals surface area contributed by atoms with Gasteiger partial charge in [-0.2, -0.15) is 0 Å². The third-order valence-electron chi connectivity index (χ3n) is 3.36. The highest BCUT2D eigenvalue weighted by Gasteiger charge is 2.15. The van der Waals surface area contributed by atoms with E-state index in [4.69, 9.17) is 0 Å². The quantitative estimate of drug-likeness (QED) is 0.501. The van der Waals surface area contributed by atoms with Crippen LogP contribution in [-0.4, -0.2) is 0 Å². The van der Waals surface area contributed by atoms with Crippen LogP contribution < -0.4 is 5.32 Å². The van der Waals surface area contributed by atoms with E-state index < -0.39 is 0 Å². The summed E-state index contributed by atoms with van der Waals surface area (Å²) in [6.45, 7) is 0. The summed E-state index contributed by atoms with van der Waals surface area (Å²) in [5.74, 6) is 0. The molecule has 0 aliphatic carbocycles. The van der Waals surface area contributed by atoms with Gasteiger partial charge in [0.15, 0.2) is 0 Å². The highest BCUT2D eigenvalue weighted by molar-refractivity contribution is 7.99. The van der Waals surface area contributed by atoms with Crippen molar-refractivity contribution in [2.75, 3.05) is 5.32 Å². The highest BCUT2D eigenvalue weighted by atomic mass is 32.2. The van der Waals surface area contributed by atoms with Gasteiger partial charge >= 0.3 is 0 Å². The van der Waals surface area contributed by atoms with Crippen LogP contribution >= 0.6 is 11.8 Å². The fourth-order valence-corrected chi connectivity index (χ4v) is 3.31. The number of para-hydroxylation sites is 1. The van der Waals surface area contributed by atoms with Crippen LogP contribution in [0.25, 0.3) is 11.1 Å². The van der Waals surface area contributed by atoms with Gasteiger partial charge in [-0.25, -0.2) is 0 Å². The molecule has 1 aliphatic heterocycles. The van der Waals surface area contributed by atoms with Crippen molar-refractivity contribution in [3.05, 3.63) is 72.8 Å². The third kappa shape index (κ3) is 1.98. The SMILES string of the molecule is [c]1c(-c2ccccc2)ccc2c1Nc1ccccc1S2. The fraction of sp³-hybridized carbons (Fsp3) is 0. The van der Waals surface area contributed by atoms with E-state index in [0.717, 1.165) is 16.9 Å². The first-order chi connectivity index (χ1) is 9.90. The third-order valence-corrected chi connectivity index (χ3v) is 4.49. The Labute approximate surface area is 122 Å². The van der Waals surface area contributed by atoms with Gasteiger partial charge in [0, 0.05) is 15.9 Å². The van der Waals surface area contributed by atoms with Gasteiger partial charge in [-0.3, -0.25) is 0 Å². The van der Waals surface area contributed by atoms with Crippen LogP contribution in [0.2, 0.25) is 0 Å². The Morgan fingerprint density at radius 1 is 0.750 bits per heavy atom. The van der Waals surface area contributed by atoms with Crippen LogP contribution in [0.15, 0.2) is 76.5 Å². The average Bonchev–Trinajstić information content (AvgIpc) is 2.53. The number of rotatable bonds is 1. The molecule has 95 valence electrons. The minimum Gasteiger partial charge on any atom is -0.353 e. The van der Waals surface area contributed by atoms with Gasteiger partial charge in [0.2, 0.25) is 0 Å². The summed E-state index contributed by atoms with van der Waals surface area (Å²) in [6.07, 6.45) is 0. The number of hydrogen-bond donors (Lipinski definition) is 1. The largest absolute Gasteiger partial charge is 0.353 e. The van der Waals surface area contributed by atoms with Crippen molar-refractivity contribution >= 4 is 23.1 Å². The summed E-state index contributed by atoms with van der Waals surface area (Å²) in [7, 11) is 0. The van der Waals surface area contributed by atoms with Gasteiger partial charge in [0.1, 0.15) is 0 Å². The standard InChI is InChI=1S/C18H12NS/c1-2-6-13(7-3-1)14-10-11-18-16(12-14)19-15-8-4-5-9-17(15)20-18/h1-11,19H. The average molecular weight is 274 g/mol. The second-order valence-corrected chi connectivity index (χ2v) is 5.78. The molecule has 1 radical (unpaired) electrons. The monoisotopic (exact) mass is 274 g/mol. The molecule has 3 aromatic rings. The lowest BCUT2D eigenvalue weighted by Gasteiger charge is -2.21. The Kier molecular flexibility index (Phi) is 2.75. The number of hydrogen-bond acceptors (Lipinski definition) is 2. The van der Waals surface area contributed by atoms with Gasteiger partial charge in [-0.15, -0.1) is 0 Å². The topological polar surface area (TPSA) is 12.0 Å². The summed E-state index contributed by atoms with van der Waals surface area (Å²) in [5, 5.41) is 3.47. The van der Waals surface area contributed by atoms with Crippen molar-refractivity contribution in [2.24, 2.45) is 0 Å². The Morgan fingerprint density at radius 2 is 1.55 bits per heavy atom. The molecule has 4 rings (SSSR count). The van der Waals surface area contributed by atoms with Gasteiger partial charge in [-0.05, 0) is 29.3 Å². The molecule has 1 aliphatic rings. The molecular formula is C18H12NS. The Morgan fingerprint density at radius 3 is 2.45 bits per heavy atom. The first-order valence-corrected chi connectivity index (χ1v) is 7.37. The molecule has 0 bridgehead atoms. The van der Waals surface area contributed by atoms with Gasteiger partial charge in [0.25, 0.3) is 0 Å². The molecule has 2 heteroatoms. The van der Waals surface area contributed by atoms with Crippen molar-refractivity contribution < 1.29 is 0 Å². The summed E-state index contributed by atoms with van der Waals surface area (Å²) in [4.78, 5) is 2.49. The smallest absolute Gasteiger partial charge is 0.0613 e. The predicted molar refractivity (Wildman–Crippen MR) is 84.6 cm³/mol. The lowest BCUT2D eigenvalue weighted by molar-refractivity contribution is 1.31. The summed E-state index contributed by atoms with van der Waals surface area (Å²) in [5.41, 5.74) is 4.54. The van der Waals surface area contributed by atoms with Crippen molar-refractivity contribution in [3.8, 4) is 11.1 Å². The zero-order valence-corrected chi connectivity index (χ0v) is 11.6. The molecule has 0 aromatic heterocycles. The lowest BCUT2D eigenvalue weighted by atomic mass is 10.1. The lowest BCUT2D eigenvalue weighted by Crippen LogP contribution is -1.99. The summed E-state index contributed by atoms with van der Waals surface area (Å²) < 4.78 is 0. The summed E-state index contributed by atoms with van der Waals surface area (Å²) in [6, 6.07) is 26.5. The molecule has 1 N–H and O–H groups in total. The number of fused-ring (bicyclic) bond motifs is 2. The molecule has 20 heavy (non-hydrogen) atoms. The maximum absolute atomic E-state index is 3.49. The molecule has 0 unspecified atom stereocenters. The van der Waals surface area contributed by atoms with E-state index in [-0.39, 0.29) is 0 Å². The Balaban J connectivity index is 1.77. The van der Waals surface area contributed by atoms with Crippen molar-refractivity contribution in [1.29, 1.82) is 0 Å². The molecule has 0 amide bonds. The van der Waals surface area contributed by atoms with E-state index in [1.807, 2.05) is 6.07 Å². The number of anilines is 2. The maximum atomic E-state index is 3.49. The van der Waals surface area contributed by atoms with E-state index in [2.05, 4.69) is 72.0 Å². The Bertz CT molecular complexity index is 765. The summed E-state index contributed by atoms with van der Waals surface area (Å²) >= 11 is 1.79. The van der Waals surface area contributed by atoms with Gasteiger partial charge in [0.05, 0.1) is 11.4 Å². The van der Waals surface area contributed by atoms with Gasteiger partial charge in [-0.1, -0.05) is 60.3 Å². The number of benzene rings is 3.